The average molecular weight is 606 g/mol. The van der Waals surface area contributed by atoms with Crippen LogP contribution in [0.25, 0.3) is 6.08 Å². The average Bonchev–Trinajstić information content (AvgIpc) is 2.96. The first-order valence-corrected chi connectivity index (χ1v) is 12.8. The van der Waals surface area contributed by atoms with Gasteiger partial charge < -0.3 is 24.3 Å². The van der Waals surface area contributed by atoms with Gasteiger partial charge in [0.1, 0.15) is 23.9 Å². The zero-order valence-corrected chi connectivity index (χ0v) is 23.2. The smallest absolute Gasteiger partial charge is 0.336 e. The van der Waals surface area contributed by atoms with Gasteiger partial charge in [0.15, 0.2) is 11.5 Å². The Morgan fingerprint density at radius 1 is 0.900 bits per heavy atom. The van der Waals surface area contributed by atoms with Gasteiger partial charge in [-0.1, -0.05) is 18.2 Å². The predicted octanol–water partition coefficient (Wildman–Crippen LogP) is 7.06. The van der Waals surface area contributed by atoms with Crippen molar-refractivity contribution in [2.24, 2.45) is 0 Å². The van der Waals surface area contributed by atoms with Crippen molar-refractivity contribution in [1.29, 1.82) is 0 Å². The molecule has 0 fully saturated rings. The van der Waals surface area contributed by atoms with Crippen LogP contribution in [0, 0.1) is 5.82 Å². The summed E-state index contributed by atoms with van der Waals surface area (Å²) in [5.74, 6) is 0.513. The number of methoxy groups -OCH3 is 2. The van der Waals surface area contributed by atoms with Crippen molar-refractivity contribution >= 4 is 39.6 Å². The molecule has 0 unspecified atom stereocenters. The van der Waals surface area contributed by atoms with Crippen molar-refractivity contribution in [3.63, 3.8) is 0 Å². The molecule has 0 aliphatic carbocycles. The summed E-state index contributed by atoms with van der Waals surface area (Å²) < 4.78 is 36.2. The van der Waals surface area contributed by atoms with Crippen LogP contribution in [0.5, 0.6) is 23.0 Å². The highest BCUT2D eigenvalue weighted by molar-refractivity contribution is 9.10. The summed E-state index contributed by atoms with van der Waals surface area (Å²) in [7, 11) is 3.06. The van der Waals surface area contributed by atoms with Gasteiger partial charge in [-0.15, -0.1) is 0 Å². The minimum absolute atomic E-state index is 0.0189. The Balaban J connectivity index is 1.35. The number of benzene rings is 4. The van der Waals surface area contributed by atoms with Crippen LogP contribution in [-0.2, 0) is 11.4 Å². The van der Waals surface area contributed by atoms with E-state index >= 15 is 0 Å². The number of hydrogen-bond acceptors (Lipinski definition) is 6. The second-order valence-electron chi connectivity index (χ2n) is 8.38. The number of amides is 1. The lowest BCUT2D eigenvalue weighted by Gasteiger charge is -2.14. The summed E-state index contributed by atoms with van der Waals surface area (Å²) in [5.41, 5.74) is 2.08. The lowest BCUT2D eigenvalue weighted by atomic mass is 10.2. The number of ether oxygens (including phenoxy) is 4. The molecular formula is C31H25BrFNO6. The standard InChI is InChI=1S/C31H25BrFNO6/c1-37-24-14-10-23(11-15-24)34-31(36)21-8-12-25(13-9-21)40-29(35)16-7-20-17-26(32)30(28(18-20)38-2)39-19-22-5-3-4-6-27(22)33/h3-18H,19H2,1-2H3,(H,34,36)/b16-7+. The van der Waals surface area contributed by atoms with E-state index in [9.17, 15) is 14.0 Å². The maximum atomic E-state index is 13.9. The Hall–Kier alpha value is -4.63. The first-order chi connectivity index (χ1) is 19.4. The monoisotopic (exact) mass is 605 g/mol. The molecule has 4 aromatic rings. The molecular weight excluding hydrogens is 581 g/mol. The summed E-state index contributed by atoms with van der Waals surface area (Å²) in [6.07, 6.45) is 2.83. The molecule has 204 valence electrons. The van der Waals surface area contributed by atoms with Crippen LogP contribution < -0.4 is 24.3 Å². The van der Waals surface area contributed by atoms with E-state index in [1.165, 1.54) is 31.4 Å². The summed E-state index contributed by atoms with van der Waals surface area (Å²) in [6, 6.07) is 22.9. The van der Waals surface area contributed by atoms with Gasteiger partial charge in [0.25, 0.3) is 5.91 Å². The van der Waals surface area contributed by atoms with Crippen LogP contribution in [0.15, 0.2) is 95.5 Å². The molecule has 0 aliphatic rings. The topological polar surface area (TPSA) is 83.1 Å². The lowest BCUT2D eigenvalue weighted by Crippen LogP contribution is -2.12. The van der Waals surface area contributed by atoms with Crippen LogP contribution in [0.2, 0.25) is 0 Å². The van der Waals surface area contributed by atoms with Crippen LogP contribution in [0.4, 0.5) is 10.1 Å². The van der Waals surface area contributed by atoms with E-state index in [1.54, 1.807) is 79.9 Å². The largest absolute Gasteiger partial charge is 0.497 e. The van der Waals surface area contributed by atoms with Crippen molar-refractivity contribution < 1.29 is 32.9 Å². The van der Waals surface area contributed by atoms with Gasteiger partial charge in [-0.05, 0) is 94.3 Å². The van der Waals surface area contributed by atoms with Crippen molar-refractivity contribution in [2.75, 3.05) is 19.5 Å². The molecule has 0 bridgehead atoms. The first kappa shape index (κ1) is 28.4. The highest BCUT2D eigenvalue weighted by Crippen LogP contribution is 2.37. The van der Waals surface area contributed by atoms with Crippen LogP contribution >= 0.6 is 15.9 Å². The van der Waals surface area contributed by atoms with Gasteiger partial charge in [-0.3, -0.25) is 4.79 Å². The fraction of sp³-hybridized carbons (Fsp3) is 0.0968. The SMILES string of the molecule is COc1ccc(NC(=O)c2ccc(OC(=O)/C=C/c3cc(Br)c(OCc4ccccc4F)c(OC)c3)cc2)cc1. The maximum Gasteiger partial charge on any atom is 0.336 e. The molecule has 0 aliphatic heterocycles. The Kier molecular flexibility index (Phi) is 9.53. The van der Waals surface area contributed by atoms with E-state index in [2.05, 4.69) is 21.2 Å². The number of nitrogens with one attached hydrogen (secondary N) is 1. The van der Waals surface area contributed by atoms with Gasteiger partial charge in [0, 0.05) is 22.9 Å². The van der Waals surface area contributed by atoms with Gasteiger partial charge in [-0.25, -0.2) is 9.18 Å². The molecule has 4 rings (SSSR count). The van der Waals surface area contributed by atoms with Gasteiger partial charge in [0.2, 0.25) is 0 Å². The number of carbonyl (C=O) groups is 2. The molecule has 0 spiro atoms. The zero-order valence-electron chi connectivity index (χ0n) is 21.7. The van der Waals surface area contributed by atoms with E-state index in [1.807, 2.05) is 0 Å². The van der Waals surface area contributed by atoms with Crippen molar-refractivity contribution in [3.05, 3.63) is 118 Å². The minimum atomic E-state index is -0.606. The fourth-order valence-electron chi connectivity index (χ4n) is 3.61. The van der Waals surface area contributed by atoms with E-state index in [4.69, 9.17) is 18.9 Å². The summed E-state index contributed by atoms with van der Waals surface area (Å²) in [6.45, 7) is 0.0189. The molecule has 0 heterocycles. The number of hydrogen-bond donors (Lipinski definition) is 1. The van der Waals surface area contributed by atoms with Gasteiger partial charge in [0.05, 0.1) is 18.7 Å². The number of esters is 1. The molecule has 1 amide bonds. The van der Waals surface area contributed by atoms with E-state index in [-0.39, 0.29) is 24.1 Å². The Morgan fingerprint density at radius 3 is 2.27 bits per heavy atom. The molecule has 0 aromatic heterocycles. The van der Waals surface area contributed by atoms with Crippen molar-refractivity contribution in [1.82, 2.24) is 0 Å². The molecule has 0 radical (unpaired) electrons. The number of anilines is 1. The third-order valence-electron chi connectivity index (χ3n) is 5.68. The zero-order chi connectivity index (χ0) is 28.5. The quantitative estimate of drug-likeness (QED) is 0.118. The van der Waals surface area contributed by atoms with Gasteiger partial charge >= 0.3 is 5.97 Å². The molecule has 7 nitrogen and oxygen atoms in total. The lowest BCUT2D eigenvalue weighted by molar-refractivity contribution is -0.128. The molecule has 0 saturated heterocycles. The van der Waals surface area contributed by atoms with Gasteiger partial charge in [-0.2, -0.15) is 0 Å². The van der Waals surface area contributed by atoms with E-state index in [0.717, 1.165) is 0 Å². The third-order valence-corrected chi connectivity index (χ3v) is 6.27. The normalized spacial score (nSPS) is 10.7. The Labute approximate surface area is 239 Å². The molecule has 4 aromatic carbocycles. The maximum absolute atomic E-state index is 13.9. The highest BCUT2D eigenvalue weighted by atomic mass is 79.9. The molecule has 9 heteroatoms. The molecule has 1 N–H and O–H groups in total. The summed E-state index contributed by atoms with van der Waals surface area (Å²) >= 11 is 3.45. The fourth-order valence-corrected chi connectivity index (χ4v) is 4.18. The summed E-state index contributed by atoms with van der Waals surface area (Å²) in [5, 5.41) is 2.79. The Bertz CT molecular complexity index is 1520. The van der Waals surface area contributed by atoms with E-state index in [0.29, 0.717) is 44.1 Å². The van der Waals surface area contributed by atoms with Crippen LogP contribution in [0.3, 0.4) is 0 Å². The number of rotatable bonds is 10. The molecule has 40 heavy (non-hydrogen) atoms. The highest BCUT2D eigenvalue weighted by Gasteiger charge is 2.13. The predicted molar refractivity (Wildman–Crippen MR) is 153 cm³/mol. The second-order valence-corrected chi connectivity index (χ2v) is 9.23. The second kappa shape index (κ2) is 13.4. The minimum Gasteiger partial charge on any atom is -0.497 e. The number of halogens is 2. The first-order valence-electron chi connectivity index (χ1n) is 12.1. The molecule has 0 saturated carbocycles. The number of carbonyl (C=O) groups excluding carboxylic acids is 2. The van der Waals surface area contributed by atoms with Crippen molar-refractivity contribution in [2.45, 2.75) is 6.61 Å². The van der Waals surface area contributed by atoms with Crippen molar-refractivity contribution in [3.8, 4) is 23.0 Å². The van der Waals surface area contributed by atoms with E-state index < -0.39 is 5.97 Å². The third kappa shape index (κ3) is 7.48. The van der Waals surface area contributed by atoms with Crippen LogP contribution in [-0.4, -0.2) is 26.1 Å². The summed E-state index contributed by atoms with van der Waals surface area (Å²) in [4.78, 5) is 24.9. The van der Waals surface area contributed by atoms with Crippen LogP contribution in [0.1, 0.15) is 21.5 Å². The molecule has 0 atom stereocenters. The Morgan fingerprint density at radius 2 is 1.60 bits per heavy atom.